The molecule has 0 aliphatic carbocycles. The standard InChI is InChI=1S/C20H20N2.3C19H18N2.2C18H17N3.5CH4/c1-13-8-7-9-14(2)20(13)22-17-11-6-5-10-16(17)19-15(3)21(4)12-18(19)22;1-12-7-6-8-13(2)18(12)21-17-10-5-4-9-15(17)16-11-20-14(3)19(16)21;1-12-7-6-8-13(2)18(12)21-17-10-5-4-9-15(17)16-11-14(3)20-19(16)21;1-12-7-6-8-13(2)19(12)21-16-10-5-4-9-15(16)18-17(21)11-14(3)20-18;2*1-11-7-6-8-12(2)17(11)21-15-10-5-4-9-14(15)16-18(21)20-13(3)19-16;;;;;/h5-12H,1-4H3;3*4-11,20H,1-3H3;2*4-10H,1-3H3,(H,19,20);5*1H4. The Hall–Kier alpha value is -15.0. The molecule has 12 aromatic heterocycles. The molecule has 14 nitrogen and oxygen atoms in total. The number of nitrogens with one attached hydrogen (secondary N) is 5. The molecule has 0 radical (unpaired) electrons. The highest BCUT2D eigenvalue weighted by atomic mass is 15.1. The van der Waals surface area contributed by atoms with E-state index in [9.17, 15) is 0 Å². The minimum atomic E-state index is 0. The first kappa shape index (κ1) is 93.1. The summed E-state index contributed by atoms with van der Waals surface area (Å²) < 4.78 is 16.4. The summed E-state index contributed by atoms with van der Waals surface area (Å²) in [4.78, 5) is 26.6. The lowest BCUT2D eigenvalue weighted by molar-refractivity contribution is 0.886. The van der Waals surface area contributed by atoms with E-state index in [1.807, 2.05) is 13.8 Å². The molecule has 0 aliphatic rings. The van der Waals surface area contributed by atoms with Crippen molar-refractivity contribution in [2.45, 2.75) is 162 Å². The third-order valence-corrected chi connectivity index (χ3v) is 25.8. The number of aryl methyl sites for hydroxylation is 19. The molecule has 0 saturated carbocycles. The number of benzene rings is 12. The van der Waals surface area contributed by atoms with Crippen LogP contribution in [0.5, 0.6) is 0 Å². The summed E-state index contributed by atoms with van der Waals surface area (Å²) in [6.45, 7) is 38.7. The maximum Gasteiger partial charge on any atom is 0.164 e. The molecule has 14 heteroatoms. The monoisotopic (exact) mass is 1740 g/mol. The lowest BCUT2D eigenvalue weighted by Crippen LogP contribution is -2.00. The maximum absolute atomic E-state index is 4.72. The first-order valence-electron chi connectivity index (χ1n) is 44.0. The Labute approximate surface area is 776 Å². The molecule has 12 aromatic carbocycles. The fourth-order valence-corrected chi connectivity index (χ4v) is 20.2. The van der Waals surface area contributed by atoms with E-state index in [1.54, 1.807) is 0 Å². The molecule has 0 unspecified atom stereocenters. The Morgan fingerprint density at radius 1 is 0.242 bits per heavy atom. The summed E-state index contributed by atoms with van der Waals surface area (Å²) in [6, 6.07) is 94.8. The van der Waals surface area contributed by atoms with E-state index >= 15 is 0 Å². The Kier molecular flexibility index (Phi) is 26.3. The van der Waals surface area contributed by atoms with E-state index in [0.717, 1.165) is 34.0 Å². The summed E-state index contributed by atoms with van der Waals surface area (Å²) in [5.41, 5.74) is 46.0. The van der Waals surface area contributed by atoms with Gasteiger partial charge in [-0.2, -0.15) is 0 Å². The highest BCUT2D eigenvalue weighted by molar-refractivity contribution is 6.14. The number of hydrogen-bond donors (Lipinski definition) is 5. The highest BCUT2D eigenvalue weighted by Gasteiger charge is 2.25. The predicted molar refractivity (Wildman–Crippen MR) is 570 cm³/mol. The van der Waals surface area contributed by atoms with Crippen molar-refractivity contribution in [3.05, 3.63) is 380 Å². The van der Waals surface area contributed by atoms with Crippen LogP contribution in [0.25, 0.3) is 166 Å². The molecule has 5 N–H and O–H groups in total. The lowest BCUT2D eigenvalue weighted by Gasteiger charge is -2.14. The molecule has 0 bridgehead atoms. The van der Waals surface area contributed by atoms with Gasteiger partial charge in [0.1, 0.15) is 17.3 Å². The van der Waals surface area contributed by atoms with Gasteiger partial charge in [-0.1, -0.05) is 256 Å². The fourth-order valence-electron chi connectivity index (χ4n) is 20.2. The second-order valence-electron chi connectivity index (χ2n) is 34.8. The maximum atomic E-state index is 4.72. The second kappa shape index (κ2) is 37.2. The van der Waals surface area contributed by atoms with E-state index < -0.39 is 0 Å². The van der Waals surface area contributed by atoms with Crippen LogP contribution in [0.2, 0.25) is 0 Å². The third-order valence-electron chi connectivity index (χ3n) is 25.8. The van der Waals surface area contributed by atoms with Crippen LogP contribution < -0.4 is 0 Å². The first-order valence-corrected chi connectivity index (χ1v) is 44.0. The fraction of sp³-hybridized carbons (Fsp3) is 0.203. The van der Waals surface area contributed by atoms with Crippen LogP contribution in [-0.4, -0.2) is 66.9 Å². The quantitative estimate of drug-likeness (QED) is 0.113. The van der Waals surface area contributed by atoms with Crippen LogP contribution in [0.4, 0.5) is 0 Å². The zero-order valence-corrected chi connectivity index (χ0v) is 76.1. The van der Waals surface area contributed by atoms with Crippen LogP contribution in [0.1, 0.15) is 138 Å². The van der Waals surface area contributed by atoms with Crippen LogP contribution >= 0.6 is 0 Å². The summed E-state index contributed by atoms with van der Waals surface area (Å²) >= 11 is 0. The Balaban J connectivity index is 0.000000126. The Morgan fingerprint density at radius 3 is 0.939 bits per heavy atom. The minimum absolute atomic E-state index is 0. The normalized spacial score (nSPS) is 11.1. The van der Waals surface area contributed by atoms with E-state index in [-0.39, 0.29) is 37.1 Å². The number of rotatable bonds is 6. The molecule has 0 atom stereocenters. The minimum Gasteiger partial charge on any atom is -0.363 e. The summed E-state index contributed by atoms with van der Waals surface area (Å²) in [6.07, 6.45) is 4.37. The molecule has 0 aliphatic heterocycles. The molecule has 0 amide bonds. The van der Waals surface area contributed by atoms with Crippen molar-refractivity contribution in [3.63, 3.8) is 0 Å². The second-order valence-corrected chi connectivity index (χ2v) is 34.8. The van der Waals surface area contributed by atoms with Crippen LogP contribution in [0.15, 0.2) is 279 Å². The van der Waals surface area contributed by atoms with Crippen molar-refractivity contribution in [1.82, 2.24) is 66.9 Å². The number of imidazole rings is 2. The van der Waals surface area contributed by atoms with Gasteiger partial charge in [0.15, 0.2) is 11.3 Å². The van der Waals surface area contributed by atoms with Crippen molar-refractivity contribution in [3.8, 4) is 34.1 Å². The van der Waals surface area contributed by atoms with E-state index in [2.05, 4.69) is 454 Å². The molecule has 0 saturated heterocycles. The number of aromatic nitrogens is 14. The number of aromatic amines is 5. The zero-order valence-electron chi connectivity index (χ0n) is 76.1. The smallest absolute Gasteiger partial charge is 0.164 e. The number of H-pyrrole nitrogens is 5. The van der Waals surface area contributed by atoms with Crippen LogP contribution in [-0.2, 0) is 7.05 Å². The van der Waals surface area contributed by atoms with Gasteiger partial charge in [0.25, 0.3) is 0 Å². The van der Waals surface area contributed by atoms with Crippen molar-refractivity contribution in [1.29, 1.82) is 0 Å². The highest BCUT2D eigenvalue weighted by Crippen LogP contribution is 2.42. The van der Waals surface area contributed by atoms with Crippen LogP contribution in [0, 0.1) is 125 Å². The van der Waals surface area contributed by atoms with Crippen molar-refractivity contribution >= 4 is 132 Å². The molecular formula is C118H128N14. The SMILES string of the molecule is C.C.C.C.C.Cc1cc2c([nH]1)c1ccccc1n2-c1c(C)cccc1C.Cc1cc2c3ccccc3n(-c3c(C)cccc3C)c2[nH]1.Cc1cccc(C)c1-n1c2ccccc2c2c(C)n(C)cc21.Cc1cccc(C)c1-n1c2ccccc2c2c[nH]c(C)c21.Cc1nc2c([nH]1)c1ccccc1n2-c1c(C)cccc1C.Cc1nc2c([nH]1)c1ccccc1n2-c1c(C)cccc1C. The van der Waals surface area contributed by atoms with Gasteiger partial charge in [0.2, 0.25) is 0 Å². The number of hydrogen-bond acceptors (Lipinski definition) is 2. The molecule has 0 fully saturated rings. The van der Waals surface area contributed by atoms with Gasteiger partial charge in [-0.3, -0.25) is 13.7 Å². The molecular weight excluding hydrogens is 1610 g/mol. The average Bonchev–Trinajstić information content (AvgIpc) is 1.61. The summed E-state index contributed by atoms with van der Waals surface area (Å²) in [5, 5.41) is 11.6. The van der Waals surface area contributed by atoms with E-state index in [4.69, 9.17) is 9.97 Å². The number of nitrogens with zero attached hydrogens (tertiary/aromatic N) is 9. The third kappa shape index (κ3) is 15.7. The van der Waals surface area contributed by atoms with Gasteiger partial charge < -0.3 is 43.2 Å². The van der Waals surface area contributed by atoms with E-state index in [1.165, 1.54) is 233 Å². The Bertz CT molecular complexity index is 7610. The Morgan fingerprint density at radius 2 is 0.538 bits per heavy atom. The lowest BCUT2D eigenvalue weighted by atomic mass is 10.1. The van der Waals surface area contributed by atoms with E-state index in [0.29, 0.717) is 0 Å². The van der Waals surface area contributed by atoms with Gasteiger partial charge in [0, 0.05) is 90.7 Å². The van der Waals surface area contributed by atoms with Crippen molar-refractivity contribution in [2.75, 3.05) is 0 Å². The van der Waals surface area contributed by atoms with Gasteiger partial charge in [-0.05, 0) is 240 Å². The summed E-state index contributed by atoms with van der Waals surface area (Å²) in [7, 11) is 2.12. The molecule has 24 rings (SSSR count). The van der Waals surface area contributed by atoms with Crippen molar-refractivity contribution in [2.24, 2.45) is 7.05 Å². The molecule has 0 spiro atoms. The van der Waals surface area contributed by atoms with Crippen molar-refractivity contribution < 1.29 is 0 Å². The van der Waals surface area contributed by atoms with Crippen LogP contribution in [0.3, 0.4) is 0 Å². The summed E-state index contributed by atoms with van der Waals surface area (Å²) in [5.74, 6) is 1.90. The van der Waals surface area contributed by atoms with Gasteiger partial charge in [0.05, 0.1) is 100 Å². The largest absolute Gasteiger partial charge is 0.363 e. The predicted octanol–water partition coefficient (Wildman–Crippen LogP) is 32.2. The molecule has 670 valence electrons. The molecule has 12 heterocycles. The zero-order chi connectivity index (χ0) is 88.2. The topological polar surface area (TPSA) is 139 Å². The average molecular weight is 1740 g/mol. The van der Waals surface area contributed by atoms with Gasteiger partial charge in [-0.25, -0.2) is 9.97 Å². The molecule has 132 heavy (non-hydrogen) atoms. The number of fused-ring (bicyclic) bond motifs is 18. The number of para-hydroxylation sites is 12. The first-order chi connectivity index (χ1) is 61.4. The van der Waals surface area contributed by atoms with Gasteiger partial charge >= 0.3 is 0 Å². The molecule has 24 aromatic rings. The van der Waals surface area contributed by atoms with Gasteiger partial charge in [-0.15, -0.1) is 0 Å².